The van der Waals surface area contributed by atoms with E-state index in [1.54, 1.807) is 25.3 Å². The Morgan fingerprint density at radius 2 is 2.10 bits per heavy atom. The predicted molar refractivity (Wildman–Crippen MR) is 80.8 cm³/mol. The maximum atomic E-state index is 12.3. The Balaban J connectivity index is 2.03. The van der Waals surface area contributed by atoms with Gasteiger partial charge in [0.05, 0.1) is 12.8 Å². The van der Waals surface area contributed by atoms with Gasteiger partial charge in [0.15, 0.2) is 0 Å². The molecule has 0 radical (unpaired) electrons. The van der Waals surface area contributed by atoms with Crippen molar-refractivity contribution in [2.24, 2.45) is 11.8 Å². The molecule has 1 fully saturated rings. The molecule has 0 heterocycles. The lowest BCUT2D eigenvalue weighted by molar-refractivity contribution is 0.0899. The summed E-state index contributed by atoms with van der Waals surface area (Å²) >= 11 is 0. The Hall–Kier alpha value is -1.71. The van der Waals surface area contributed by atoms with E-state index < -0.39 is 0 Å². The molecule has 1 aliphatic carbocycles. The first kappa shape index (κ1) is 14.7. The smallest absolute Gasteiger partial charge is 0.251 e. The molecular formula is C16H24N2O2. The van der Waals surface area contributed by atoms with E-state index in [1.807, 2.05) is 0 Å². The van der Waals surface area contributed by atoms with Crippen LogP contribution in [-0.2, 0) is 0 Å². The van der Waals surface area contributed by atoms with Crippen molar-refractivity contribution in [1.29, 1.82) is 0 Å². The molecule has 3 atom stereocenters. The molecule has 3 N–H and O–H groups in total. The fourth-order valence-electron chi connectivity index (χ4n) is 3.01. The van der Waals surface area contributed by atoms with E-state index in [9.17, 15) is 4.79 Å². The quantitative estimate of drug-likeness (QED) is 0.834. The second-order valence-corrected chi connectivity index (χ2v) is 5.93. The fraction of sp³-hybridized carbons (Fsp3) is 0.562. The number of carbonyl (C=O) groups is 1. The van der Waals surface area contributed by atoms with Gasteiger partial charge in [-0.2, -0.15) is 0 Å². The first-order valence-electron chi connectivity index (χ1n) is 7.25. The summed E-state index contributed by atoms with van der Waals surface area (Å²) in [6.07, 6.45) is 3.41. The standard InChI is InChI=1S/C16H24N2O2/c1-10-4-6-14(11(2)8-10)18-16(19)12-5-7-15(20-3)13(17)9-12/h5,7,9-11,14H,4,6,8,17H2,1-3H3,(H,18,19). The third-order valence-electron chi connectivity index (χ3n) is 4.24. The van der Waals surface area contributed by atoms with Crippen molar-refractivity contribution in [2.45, 2.75) is 39.2 Å². The maximum Gasteiger partial charge on any atom is 0.251 e. The number of amides is 1. The zero-order chi connectivity index (χ0) is 14.7. The van der Waals surface area contributed by atoms with E-state index >= 15 is 0 Å². The van der Waals surface area contributed by atoms with Crippen LogP contribution in [0, 0.1) is 11.8 Å². The molecule has 0 aliphatic heterocycles. The topological polar surface area (TPSA) is 64.3 Å². The lowest BCUT2D eigenvalue weighted by atomic mass is 9.80. The molecule has 1 saturated carbocycles. The van der Waals surface area contributed by atoms with Gasteiger partial charge in [-0.05, 0) is 49.3 Å². The number of hydrogen-bond donors (Lipinski definition) is 2. The summed E-state index contributed by atoms with van der Waals surface area (Å²) in [5.41, 5.74) is 6.93. The second kappa shape index (κ2) is 6.16. The first-order chi connectivity index (χ1) is 9.51. The normalized spacial score (nSPS) is 26.1. The summed E-state index contributed by atoms with van der Waals surface area (Å²) in [6, 6.07) is 5.42. The van der Waals surface area contributed by atoms with Gasteiger partial charge in [0.1, 0.15) is 5.75 Å². The number of benzene rings is 1. The highest BCUT2D eigenvalue weighted by molar-refractivity contribution is 5.95. The van der Waals surface area contributed by atoms with Crippen LogP contribution in [0.15, 0.2) is 18.2 Å². The van der Waals surface area contributed by atoms with Crippen molar-refractivity contribution in [3.8, 4) is 5.75 Å². The SMILES string of the molecule is COc1ccc(C(=O)NC2CCC(C)CC2C)cc1N. The van der Waals surface area contributed by atoms with E-state index in [-0.39, 0.29) is 11.9 Å². The van der Waals surface area contributed by atoms with Crippen LogP contribution in [-0.4, -0.2) is 19.1 Å². The van der Waals surface area contributed by atoms with Gasteiger partial charge in [0.2, 0.25) is 0 Å². The van der Waals surface area contributed by atoms with Crippen LogP contribution < -0.4 is 15.8 Å². The number of anilines is 1. The third kappa shape index (κ3) is 3.24. The van der Waals surface area contributed by atoms with Crippen molar-refractivity contribution in [3.05, 3.63) is 23.8 Å². The molecule has 3 unspecified atom stereocenters. The summed E-state index contributed by atoms with van der Waals surface area (Å²) in [7, 11) is 1.57. The molecule has 0 bridgehead atoms. The van der Waals surface area contributed by atoms with Crippen LogP contribution in [0.2, 0.25) is 0 Å². The zero-order valence-electron chi connectivity index (χ0n) is 12.5. The highest BCUT2D eigenvalue weighted by atomic mass is 16.5. The molecule has 20 heavy (non-hydrogen) atoms. The molecule has 110 valence electrons. The van der Waals surface area contributed by atoms with Gasteiger partial charge in [-0.15, -0.1) is 0 Å². The Morgan fingerprint density at radius 1 is 1.35 bits per heavy atom. The number of nitrogens with two attached hydrogens (primary N) is 1. The van der Waals surface area contributed by atoms with E-state index in [1.165, 1.54) is 12.8 Å². The molecule has 4 heteroatoms. The van der Waals surface area contributed by atoms with Crippen LogP contribution in [0.4, 0.5) is 5.69 Å². The van der Waals surface area contributed by atoms with Crippen LogP contribution in [0.25, 0.3) is 0 Å². The number of hydrogen-bond acceptors (Lipinski definition) is 3. The van der Waals surface area contributed by atoms with Gasteiger partial charge in [-0.25, -0.2) is 0 Å². The van der Waals surface area contributed by atoms with E-state index in [0.717, 1.165) is 12.3 Å². The highest BCUT2D eigenvalue weighted by Crippen LogP contribution is 2.29. The van der Waals surface area contributed by atoms with Crippen LogP contribution in [0.1, 0.15) is 43.5 Å². The van der Waals surface area contributed by atoms with E-state index in [0.29, 0.717) is 22.9 Å². The predicted octanol–water partition coefficient (Wildman–Crippen LogP) is 2.83. The number of carbonyl (C=O) groups excluding carboxylic acids is 1. The highest BCUT2D eigenvalue weighted by Gasteiger charge is 2.26. The molecule has 1 aromatic carbocycles. The van der Waals surface area contributed by atoms with Crippen molar-refractivity contribution in [1.82, 2.24) is 5.32 Å². The molecule has 2 rings (SSSR count). The van der Waals surface area contributed by atoms with Gasteiger partial charge < -0.3 is 15.8 Å². The molecule has 1 amide bonds. The van der Waals surface area contributed by atoms with Gasteiger partial charge in [0, 0.05) is 11.6 Å². The van der Waals surface area contributed by atoms with Crippen molar-refractivity contribution in [2.75, 3.05) is 12.8 Å². The van der Waals surface area contributed by atoms with Gasteiger partial charge in [-0.3, -0.25) is 4.79 Å². The summed E-state index contributed by atoms with van der Waals surface area (Å²) in [4.78, 5) is 12.3. The number of nitrogens with one attached hydrogen (secondary N) is 1. The number of nitrogen functional groups attached to an aromatic ring is 1. The minimum atomic E-state index is -0.0502. The maximum absolute atomic E-state index is 12.3. The summed E-state index contributed by atoms with van der Waals surface area (Å²) in [6.45, 7) is 4.49. The lowest BCUT2D eigenvalue weighted by Crippen LogP contribution is -2.42. The van der Waals surface area contributed by atoms with E-state index in [4.69, 9.17) is 10.5 Å². The van der Waals surface area contributed by atoms with Crippen LogP contribution in [0.3, 0.4) is 0 Å². The zero-order valence-corrected chi connectivity index (χ0v) is 12.5. The Morgan fingerprint density at radius 3 is 2.70 bits per heavy atom. The first-order valence-corrected chi connectivity index (χ1v) is 7.25. The largest absolute Gasteiger partial charge is 0.495 e. The summed E-state index contributed by atoms with van der Waals surface area (Å²) in [5, 5.41) is 3.13. The van der Waals surface area contributed by atoms with Gasteiger partial charge in [-0.1, -0.05) is 13.8 Å². The van der Waals surface area contributed by atoms with Crippen LogP contribution in [0.5, 0.6) is 5.75 Å². The monoisotopic (exact) mass is 276 g/mol. The lowest BCUT2D eigenvalue weighted by Gasteiger charge is -2.33. The van der Waals surface area contributed by atoms with Crippen molar-refractivity contribution >= 4 is 11.6 Å². The molecule has 1 aliphatic rings. The van der Waals surface area contributed by atoms with Crippen LogP contribution >= 0.6 is 0 Å². The van der Waals surface area contributed by atoms with E-state index in [2.05, 4.69) is 19.2 Å². The Labute approximate surface area is 120 Å². The third-order valence-corrected chi connectivity index (χ3v) is 4.24. The van der Waals surface area contributed by atoms with Crippen molar-refractivity contribution < 1.29 is 9.53 Å². The number of rotatable bonds is 3. The second-order valence-electron chi connectivity index (χ2n) is 5.93. The van der Waals surface area contributed by atoms with Crippen molar-refractivity contribution in [3.63, 3.8) is 0 Å². The molecule has 0 saturated heterocycles. The molecule has 0 aromatic heterocycles. The minimum absolute atomic E-state index is 0.0502. The number of ether oxygens (including phenoxy) is 1. The Kier molecular flexibility index (Phi) is 4.53. The summed E-state index contributed by atoms with van der Waals surface area (Å²) < 4.78 is 5.10. The Bertz CT molecular complexity index is 487. The average Bonchev–Trinajstić information content (AvgIpc) is 2.41. The molecule has 1 aromatic rings. The average molecular weight is 276 g/mol. The summed E-state index contributed by atoms with van der Waals surface area (Å²) in [5.74, 6) is 1.83. The fourth-order valence-corrected chi connectivity index (χ4v) is 3.01. The minimum Gasteiger partial charge on any atom is -0.495 e. The van der Waals surface area contributed by atoms with Gasteiger partial charge >= 0.3 is 0 Å². The molecular weight excluding hydrogens is 252 g/mol. The molecule has 4 nitrogen and oxygen atoms in total. The molecule has 0 spiro atoms. The number of methoxy groups -OCH3 is 1. The van der Waals surface area contributed by atoms with Gasteiger partial charge in [0.25, 0.3) is 5.91 Å².